The molecule has 8 heteroatoms. The van der Waals surface area contributed by atoms with Gasteiger partial charge in [0.25, 0.3) is 0 Å². The minimum Gasteiger partial charge on any atom is -0.361 e. The molecule has 0 spiro atoms. The third kappa shape index (κ3) is 4.33. The van der Waals surface area contributed by atoms with Gasteiger partial charge in [-0.15, -0.1) is 0 Å². The van der Waals surface area contributed by atoms with Crippen molar-refractivity contribution >= 4 is 28.9 Å². The van der Waals surface area contributed by atoms with Crippen LogP contribution in [0, 0.1) is 13.8 Å². The number of nitrogens with one attached hydrogen (secondary N) is 2. The molecule has 0 unspecified atom stereocenters. The van der Waals surface area contributed by atoms with Crippen molar-refractivity contribution in [1.82, 2.24) is 24.7 Å². The van der Waals surface area contributed by atoms with Gasteiger partial charge in [-0.3, -0.25) is 9.10 Å². The number of imidazole rings is 1. The number of fused-ring (bicyclic) bond motifs is 1. The molecule has 2 aliphatic rings. The number of rotatable bonds is 3. The van der Waals surface area contributed by atoms with E-state index in [9.17, 15) is 4.79 Å². The Morgan fingerprint density at radius 3 is 2.62 bits per heavy atom. The fraction of sp³-hybridized carbons (Fsp3) is 0.476. The molecule has 154 valence electrons. The summed E-state index contributed by atoms with van der Waals surface area (Å²) >= 11 is 1.87. The first-order valence-electron chi connectivity index (χ1n) is 10.1. The van der Waals surface area contributed by atoms with Gasteiger partial charge in [-0.2, -0.15) is 0 Å². The molecule has 7 nitrogen and oxygen atoms in total. The highest BCUT2D eigenvalue weighted by Crippen LogP contribution is 2.30. The van der Waals surface area contributed by atoms with Crippen LogP contribution in [0.25, 0.3) is 22.2 Å². The molecule has 1 atom stereocenters. The molecule has 2 aromatic heterocycles. The fourth-order valence-corrected chi connectivity index (χ4v) is 4.56. The summed E-state index contributed by atoms with van der Waals surface area (Å²) in [5, 5.41) is 6.93. The van der Waals surface area contributed by atoms with Crippen LogP contribution < -0.4 is 5.32 Å². The van der Waals surface area contributed by atoms with E-state index in [1.165, 1.54) is 25.9 Å². The van der Waals surface area contributed by atoms with Crippen molar-refractivity contribution in [2.24, 2.45) is 0 Å². The molecule has 2 N–H and O–H groups in total. The summed E-state index contributed by atoms with van der Waals surface area (Å²) in [6.45, 7) is 6.46. The zero-order chi connectivity index (χ0) is 20.4. The maximum Gasteiger partial charge on any atom is 0.220 e. The second-order valence-electron chi connectivity index (χ2n) is 7.53. The van der Waals surface area contributed by atoms with Crippen LogP contribution in [0.4, 0.5) is 0 Å². The van der Waals surface area contributed by atoms with Crippen molar-refractivity contribution in [3.8, 4) is 11.1 Å². The zero-order valence-electron chi connectivity index (χ0n) is 17.1. The number of carbonyl (C=O) groups excluding carboxylic acids is 1. The second kappa shape index (κ2) is 8.59. The molecule has 2 aliphatic heterocycles. The molecule has 2 fully saturated rings. The predicted octanol–water partition coefficient (Wildman–Crippen LogP) is 4.15. The molecule has 0 bridgehead atoms. The van der Waals surface area contributed by atoms with E-state index in [4.69, 9.17) is 4.52 Å². The molecule has 5 rings (SSSR count). The van der Waals surface area contributed by atoms with Gasteiger partial charge in [0.2, 0.25) is 5.91 Å². The van der Waals surface area contributed by atoms with Gasteiger partial charge < -0.3 is 14.8 Å². The molecule has 0 saturated carbocycles. The number of hydrogen-bond acceptors (Lipinski definition) is 6. The Balaban J connectivity index is 0.000000249. The Hall–Kier alpha value is -2.32. The maximum absolute atomic E-state index is 11.4. The van der Waals surface area contributed by atoms with E-state index in [1.54, 1.807) is 0 Å². The first kappa shape index (κ1) is 20.0. The number of aryl methyl sites for hydroxylation is 2. The van der Waals surface area contributed by atoms with Crippen LogP contribution in [0.5, 0.6) is 0 Å². The highest BCUT2D eigenvalue weighted by molar-refractivity contribution is 7.96. The van der Waals surface area contributed by atoms with Crippen molar-refractivity contribution < 1.29 is 9.32 Å². The third-order valence-electron chi connectivity index (χ3n) is 5.47. The second-order valence-corrected chi connectivity index (χ2v) is 8.41. The fourth-order valence-electron chi connectivity index (χ4n) is 3.93. The Labute approximate surface area is 174 Å². The van der Waals surface area contributed by atoms with E-state index in [0.29, 0.717) is 6.42 Å². The van der Waals surface area contributed by atoms with Crippen molar-refractivity contribution in [3.05, 3.63) is 35.5 Å². The average Bonchev–Trinajstić information content (AvgIpc) is 3.49. The topological polar surface area (TPSA) is 87.1 Å². The Kier molecular flexibility index (Phi) is 5.91. The van der Waals surface area contributed by atoms with Gasteiger partial charge in [0.05, 0.1) is 22.8 Å². The van der Waals surface area contributed by atoms with E-state index in [0.717, 1.165) is 45.9 Å². The monoisotopic (exact) mass is 413 g/mol. The van der Waals surface area contributed by atoms with E-state index in [-0.39, 0.29) is 11.9 Å². The number of benzene rings is 1. The Morgan fingerprint density at radius 2 is 2.03 bits per heavy atom. The van der Waals surface area contributed by atoms with Gasteiger partial charge in [0, 0.05) is 25.1 Å². The van der Waals surface area contributed by atoms with Crippen LogP contribution in [-0.4, -0.2) is 44.7 Å². The highest BCUT2D eigenvalue weighted by atomic mass is 32.2. The van der Waals surface area contributed by atoms with Gasteiger partial charge in [-0.1, -0.05) is 23.2 Å². The molecule has 1 amide bonds. The summed E-state index contributed by atoms with van der Waals surface area (Å²) < 4.78 is 7.64. The van der Waals surface area contributed by atoms with Crippen LogP contribution in [0.15, 0.2) is 22.7 Å². The summed E-state index contributed by atoms with van der Waals surface area (Å²) in [6.07, 6.45) is 6.30. The lowest BCUT2D eigenvalue weighted by atomic mass is 10.0. The van der Waals surface area contributed by atoms with Crippen LogP contribution in [0.1, 0.15) is 49.0 Å². The van der Waals surface area contributed by atoms with Crippen molar-refractivity contribution in [3.63, 3.8) is 0 Å². The number of carbonyl (C=O) groups is 1. The lowest BCUT2D eigenvalue weighted by molar-refractivity contribution is -0.119. The summed E-state index contributed by atoms with van der Waals surface area (Å²) in [5.41, 5.74) is 4.79. The Bertz CT molecular complexity index is 986. The lowest BCUT2D eigenvalue weighted by Crippen LogP contribution is -2.19. The van der Waals surface area contributed by atoms with Gasteiger partial charge in [-0.05, 0) is 57.1 Å². The van der Waals surface area contributed by atoms with Gasteiger partial charge in [0.1, 0.15) is 11.6 Å². The molecule has 3 aromatic rings. The quantitative estimate of drug-likeness (QED) is 0.628. The number of H-pyrrole nitrogens is 1. The molecule has 1 aromatic carbocycles. The number of aromatic amines is 1. The standard InChI is InChI=1S/C16H16N4O2.C5H11NS/c1-8-15(9(2)22-20-8)10-3-4-11-13(7-10)19-16(18-11)12-5-6-14(21)17-12;1-7-6-4-2-3-5-6/h3-4,7,12H,5-6H2,1-2H3,(H,17,21)(H,18,19);2-5H2,1H3/t12-;/m0./s1. The van der Waals surface area contributed by atoms with Crippen molar-refractivity contribution in [2.45, 2.75) is 45.6 Å². The molecular weight excluding hydrogens is 386 g/mol. The van der Waals surface area contributed by atoms with Crippen LogP contribution in [0.2, 0.25) is 0 Å². The van der Waals surface area contributed by atoms with Gasteiger partial charge in [0.15, 0.2) is 0 Å². The maximum atomic E-state index is 11.4. The number of amides is 1. The SMILES string of the molecule is CSN1CCCC1.Cc1noc(C)c1-c1ccc2nc([C@@H]3CCC(=O)N3)[nH]c2c1. The summed E-state index contributed by atoms with van der Waals surface area (Å²) in [4.78, 5) is 19.3. The highest BCUT2D eigenvalue weighted by Gasteiger charge is 2.25. The first-order valence-corrected chi connectivity index (χ1v) is 11.2. The van der Waals surface area contributed by atoms with Gasteiger partial charge >= 0.3 is 0 Å². The van der Waals surface area contributed by atoms with Crippen LogP contribution in [0.3, 0.4) is 0 Å². The molecule has 2 saturated heterocycles. The molecule has 0 radical (unpaired) electrons. The average molecular weight is 414 g/mol. The summed E-state index contributed by atoms with van der Waals surface area (Å²) in [7, 11) is 0. The summed E-state index contributed by atoms with van der Waals surface area (Å²) in [6, 6.07) is 6.04. The van der Waals surface area contributed by atoms with E-state index < -0.39 is 0 Å². The van der Waals surface area contributed by atoms with Crippen LogP contribution in [-0.2, 0) is 4.79 Å². The van der Waals surface area contributed by atoms with E-state index >= 15 is 0 Å². The number of aromatic nitrogens is 3. The van der Waals surface area contributed by atoms with Gasteiger partial charge in [-0.25, -0.2) is 4.98 Å². The zero-order valence-corrected chi connectivity index (χ0v) is 17.9. The lowest BCUT2D eigenvalue weighted by Gasteiger charge is -2.06. The predicted molar refractivity (Wildman–Crippen MR) is 116 cm³/mol. The number of hydrogen-bond donors (Lipinski definition) is 2. The molecule has 4 heterocycles. The Morgan fingerprint density at radius 1 is 1.24 bits per heavy atom. The minimum absolute atomic E-state index is 0.0117. The molecular formula is C21H27N5O2S. The van der Waals surface area contributed by atoms with E-state index in [1.807, 2.05) is 37.9 Å². The first-order chi connectivity index (χ1) is 14.0. The summed E-state index contributed by atoms with van der Waals surface area (Å²) in [5.74, 6) is 1.71. The third-order valence-corrected chi connectivity index (χ3v) is 6.35. The normalized spacial score (nSPS) is 19.4. The minimum atomic E-state index is -0.0117. The molecule has 0 aliphatic carbocycles. The van der Waals surface area contributed by atoms with E-state index in [2.05, 4.69) is 37.1 Å². The van der Waals surface area contributed by atoms with Crippen molar-refractivity contribution in [2.75, 3.05) is 19.3 Å². The van der Waals surface area contributed by atoms with Crippen molar-refractivity contribution in [1.29, 1.82) is 0 Å². The van der Waals surface area contributed by atoms with Crippen LogP contribution >= 0.6 is 11.9 Å². The largest absolute Gasteiger partial charge is 0.361 e. The number of nitrogens with zero attached hydrogens (tertiary/aromatic N) is 3. The smallest absolute Gasteiger partial charge is 0.220 e. The molecule has 29 heavy (non-hydrogen) atoms.